The molecule has 0 atom stereocenters. The van der Waals surface area contributed by atoms with Crippen LogP contribution in [-0.4, -0.2) is 42.7 Å². The van der Waals surface area contributed by atoms with Gasteiger partial charge in [-0.25, -0.2) is 5.01 Å². The van der Waals surface area contributed by atoms with Crippen LogP contribution in [-0.2, 0) is 6.54 Å². The predicted octanol–water partition coefficient (Wildman–Crippen LogP) is -1.37. The maximum atomic E-state index is 10.4. The molecule has 17 heavy (non-hydrogen) atoms. The Hall–Kier alpha value is -1.13. The Labute approximate surface area is 108 Å². The summed E-state index contributed by atoms with van der Waals surface area (Å²) in [5.41, 5.74) is 1.36. The molecular weight excluding hydrogens is 238 g/mol. The summed E-state index contributed by atoms with van der Waals surface area (Å²) in [6.07, 6.45) is 0. The first kappa shape index (κ1) is 13.9. The average molecular weight is 256 g/mol. The minimum Gasteiger partial charge on any atom is -1.00 e. The van der Waals surface area contributed by atoms with Crippen LogP contribution in [0.25, 0.3) is 0 Å². The number of rotatable bonds is 3. The van der Waals surface area contributed by atoms with Gasteiger partial charge in [-0.15, -0.1) is 4.91 Å². The van der Waals surface area contributed by atoms with E-state index in [0.29, 0.717) is 0 Å². The van der Waals surface area contributed by atoms with Gasteiger partial charge in [0.1, 0.15) is 6.54 Å². The zero-order valence-corrected chi connectivity index (χ0v) is 10.8. The fraction of sp³-hybridized carbons (Fsp3) is 0.500. The molecule has 1 aromatic carbocycles. The first-order valence-corrected chi connectivity index (χ1v) is 5.68. The highest BCUT2D eigenvalue weighted by Gasteiger charge is 2.28. The highest BCUT2D eigenvalue weighted by molar-refractivity contribution is 5.13. The summed E-state index contributed by atoms with van der Waals surface area (Å²) < 4.78 is 0.996. The molecule has 5 heteroatoms. The molecule has 0 radical (unpaired) electrons. The molecule has 94 valence electrons. The summed E-state index contributed by atoms with van der Waals surface area (Å²) in [7, 11) is 2.25. The highest BCUT2D eigenvalue weighted by Crippen LogP contribution is 2.15. The molecule has 0 spiro atoms. The molecule has 0 N–H and O–H groups in total. The van der Waals surface area contributed by atoms with E-state index in [4.69, 9.17) is 0 Å². The third-order valence-corrected chi connectivity index (χ3v) is 3.32. The number of nitroso groups, excluding NO2 is 1. The van der Waals surface area contributed by atoms with Crippen LogP contribution in [0.4, 0.5) is 0 Å². The van der Waals surface area contributed by atoms with Crippen molar-refractivity contribution in [3.63, 3.8) is 0 Å². The Morgan fingerprint density at radius 1 is 1.24 bits per heavy atom. The smallest absolute Gasteiger partial charge is 0.104 e. The van der Waals surface area contributed by atoms with Gasteiger partial charge in [-0.3, -0.25) is 0 Å². The normalized spacial score (nSPS) is 18.3. The Morgan fingerprint density at radius 3 is 2.35 bits per heavy atom. The van der Waals surface area contributed by atoms with Crippen molar-refractivity contribution in [2.24, 2.45) is 5.29 Å². The SMILES string of the molecule is C[N+]1(Cc2ccccc2)CCN(N=O)CC1.[Cl-]. The lowest BCUT2D eigenvalue weighted by molar-refractivity contribution is -0.926. The van der Waals surface area contributed by atoms with Crippen molar-refractivity contribution >= 4 is 0 Å². The van der Waals surface area contributed by atoms with E-state index < -0.39 is 0 Å². The van der Waals surface area contributed by atoms with Crippen LogP contribution >= 0.6 is 0 Å². The minimum atomic E-state index is 0. The molecule has 0 bridgehead atoms. The van der Waals surface area contributed by atoms with Gasteiger partial charge in [-0.05, 0) is 0 Å². The molecule has 1 aromatic rings. The van der Waals surface area contributed by atoms with Gasteiger partial charge >= 0.3 is 0 Å². The van der Waals surface area contributed by atoms with E-state index >= 15 is 0 Å². The lowest BCUT2D eigenvalue weighted by atomic mass is 10.1. The van der Waals surface area contributed by atoms with Gasteiger partial charge in [0.15, 0.2) is 0 Å². The van der Waals surface area contributed by atoms with Gasteiger partial charge in [0.2, 0.25) is 0 Å². The van der Waals surface area contributed by atoms with Gasteiger partial charge in [-0.1, -0.05) is 30.3 Å². The Kier molecular flexibility index (Phi) is 4.90. The third kappa shape index (κ3) is 3.68. The van der Waals surface area contributed by atoms with E-state index in [-0.39, 0.29) is 12.4 Å². The topological polar surface area (TPSA) is 32.7 Å². The number of halogens is 1. The van der Waals surface area contributed by atoms with Gasteiger partial charge in [0, 0.05) is 5.56 Å². The summed E-state index contributed by atoms with van der Waals surface area (Å²) in [6, 6.07) is 10.5. The molecular formula is C12H18ClN3O. The number of quaternary nitrogens is 1. The largest absolute Gasteiger partial charge is 1.00 e. The van der Waals surface area contributed by atoms with Crippen molar-refractivity contribution in [3.05, 3.63) is 40.8 Å². The van der Waals surface area contributed by atoms with E-state index in [2.05, 4.69) is 36.6 Å². The number of piperazine rings is 1. The average Bonchev–Trinajstić information content (AvgIpc) is 2.31. The molecule has 1 fully saturated rings. The summed E-state index contributed by atoms with van der Waals surface area (Å²) in [4.78, 5) is 10.4. The lowest BCUT2D eigenvalue weighted by Gasteiger charge is -2.40. The number of likely N-dealkylation sites (N-methyl/N-ethyl adjacent to an activating group) is 1. The van der Waals surface area contributed by atoms with Crippen molar-refractivity contribution in [1.82, 2.24) is 5.01 Å². The number of nitrogens with zero attached hydrogens (tertiary/aromatic N) is 3. The quantitative estimate of drug-likeness (QED) is 0.494. The van der Waals surface area contributed by atoms with Crippen LogP contribution in [0.1, 0.15) is 5.56 Å². The molecule has 1 aliphatic rings. The van der Waals surface area contributed by atoms with Crippen molar-refractivity contribution in [2.45, 2.75) is 6.54 Å². The van der Waals surface area contributed by atoms with Gasteiger partial charge < -0.3 is 16.9 Å². The summed E-state index contributed by atoms with van der Waals surface area (Å²) in [6.45, 7) is 4.55. The van der Waals surface area contributed by atoms with Crippen LogP contribution in [0.2, 0.25) is 0 Å². The van der Waals surface area contributed by atoms with Crippen LogP contribution in [0.5, 0.6) is 0 Å². The standard InChI is InChI=1S/C12H18N3O.ClH/c1-15(9-7-14(13-16)8-10-15)11-12-5-3-2-4-6-12;/h2-6H,7-11H2,1H3;1H/q+1;/p-1. The van der Waals surface area contributed by atoms with E-state index in [1.165, 1.54) is 5.56 Å². The van der Waals surface area contributed by atoms with Crippen molar-refractivity contribution in [1.29, 1.82) is 0 Å². The Balaban J connectivity index is 0.00000144. The molecule has 1 heterocycles. The van der Waals surface area contributed by atoms with Gasteiger partial charge in [0.25, 0.3) is 0 Å². The highest BCUT2D eigenvalue weighted by atomic mass is 35.5. The molecule has 1 aliphatic heterocycles. The maximum absolute atomic E-state index is 10.4. The second kappa shape index (κ2) is 5.98. The number of hydrogen-bond donors (Lipinski definition) is 0. The second-order valence-electron chi connectivity index (χ2n) is 4.75. The monoisotopic (exact) mass is 255 g/mol. The molecule has 0 saturated carbocycles. The summed E-state index contributed by atoms with van der Waals surface area (Å²) in [5.74, 6) is 0. The molecule has 2 rings (SSSR count). The zero-order valence-electron chi connectivity index (χ0n) is 10.1. The number of benzene rings is 1. The number of hydrogen-bond acceptors (Lipinski definition) is 2. The second-order valence-corrected chi connectivity index (χ2v) is 4.75. The Bertz CT molecular complexity index is 350. The van der Waals surface area contributed by atoms with E-state index in [0.717, 1.165) is 37.2 Å². The summed E-state index contributed by atoms with van der Waals surface area (Å²) in [5, 5.41) is 4.61. The first-order valence-electron chi connectivity index (χ1n) is 5.68. The first-order chi connectivity index (χ1) is 7.72. The van der Waals surface area contributed by atoms with Gasteiger partial charge in [0.05, 0.1) is 38.5 Å². The molecule has 0 aliphatic carbocycles. The maximum Gasteiger partial charge on any atom is 0.104 e. The zero-order chi connectivity index (χ0) is 11.4. The minimum absolute atomic E-state index is 0. The van der Waals surface area contributed by atoms with E-state index in [1.807, 2.05) is 6.07 Å². The van der Waals surface area contributed by atoms with Gasteiger partial charge in [-0.2, -0.15) is 0 Å². The molecule has 0 unspecified atom stereocenters. The third-order valence-electron chi connectivity index (χ3n) is 3.32. The van der Waals surface area contributed by atoms with E-state index in [1.54, 1.807) is 5.01 Å². The fourth-order valence-electron chi connectivity index (χ4n) is 2.20. The van der Waals surface area contributed by atoms with E-state index in [9.17, 15) is 4.91 Å². The Morgan fingerprint density at radius 2 is 1.82 bits per heavy atom. The van der Waals surface area contributed by atoms with Crippen LogP contribution in [0.3, 0.4) is 0 Å². The van der Waals surface area contributed by atoms with Crippen LogP contribution in [0, 0.1) is 4.91 Å². The fourth-order valence-corrected chi connectivity index (χ4v) is 2.20. The molecule has 0 aromatic heterocycles. The van der Waals surface area contributed by atoms with Crippen molar-refractivity contribution < 1.29 is 16.9 Å². The van der Waals surface area contributed by atoms with Crippen LogP contribution in [0.15, 0.2) is 35.6 Å². The summed E-state index contributed by atoms with van der Waals surface area (Å²) >= 11 is 0. The molecule has 4 nitrogen and oxygen atoms in total. The van der Waals surface area contributed by atoms with Crippen LogP contribution < -0.4 is 12.4 Å². The molecule has 0 amide bonds. The van der Waals surface area contributed by atoms with Crippen molar-refractivity contribution in [3.8, 4) is 0 Å². The van der Waals surface area contributed by atoms with Crippen molar-refractivity contribution in [2.75, 3.05) is 33.2 Å². The lowest BCUT2D eigenvalue weighted by Crippen LogP contribution is -3.00. The predicted molar refractivity (Wildman–Crippen MR) is 63.4 cm³/mol. The molecule has 1 saturated heterocycles.